The molecule has 20 heavy (non-hydrogen) atoms. The molecule has 112 valence electrons. The van der Waals surface area contributed by atoms with E-state index in [4.69, 9.17) is 0 Å². The molecule has 1 atom stereocenters. The number of rotatable bonds is 8. The molecule has 1 aromatic rings. The normalized spacial score (nSPS) is 16.4. The first-order valence-electron chi connectivity index (χ1n) is 7.69. The van der Waals surface area contributed by atoms with E-state index in [-0.39, 0.29) is 0 Å². The summed E-state index contributed by atoms with van der Waals surface area (Å²) in [6, 6.07) is 3.38. The van der Waals surface area contributed by atoms with Gasteiger partial charge in [0.25, 0.3) is 0 Å². The molecule has 4 heteroatoms. The van der Waals surface area contributed by atoms with Crippen molar-refractivity contribution in [3.63, 3.8) is 0 Å². The van der Waals surface area contributed by atoms with Gasteiger partial charge in [0, 0.05) is 55.4 Å². The molecule has 4 nitrogen and oxygen atoms in total. The Morgan fingerprint density at radius 1 is 1.40 bits per heavy atom. The lowest BCUT2D eigenvalue weighted by Gasteiger charge is -2.33. The molecule has 1 aliphatic carbocycles. The fraction of sp³-hybridized carbons (Fsp3) is 0.688. The molecule has 0 radical (unpaired) electrons. The highest BCUT2D eigenvalue weighted by molar-refractivity contribution is 5.53. The summed E-state index contributed by atoms with van der Waals surface area (Å²) < 4.78 is 0. The third kappa shape index (κ3) is 4.18. The van der Waals surface area contributed by atoms with Crippen LogP contribution in [0.25, 0.3) is 0 Å². The summed E-state index contributed by atoms with van der Waals surface area (Å²) in [5.74, 6) is 0. The molecular formula is C16H28N4. The number of anilines is 1. The molecule has 2 rings (SSSR count). The zero-order valence-electron chi connectivity index (χ0n) is 13.3. The zero-order valence-corrected chi connectivity index (χ0v) is 13.3. The Labute approximate surface area is 123 Å². The molecule has 0 aliphatic heterocycles. The van der Waals surface area contributed by atoms with Gasteiger partial charge < -0.3 is 15.1 Å². The van der Waals surface area contributed by atoms with Gasteiger partial charge in [-0.05, 0) is 46.9 Å². The average Bonchev–Trinajstić information content (AvgIpc) is 3.21. The number of likely N-dealkylation sites (N-methyl/N-ethyl adjacent to an activating group) is 2. The number of pyridine rings is 1. The maximum absolute atomic E-state index is 4.30. The SMILES string of the molecule is CCN(c1ccncc1CNC1CC1)C(C)CN(C)C. The molecule has 0 spiro atoms. The van der Waals surface area contributed by atoms with E-state index in [0.29, 0.717) is 6.04 Å². The minimum absolute atomic E-state index is 0.497. The van der Waals surface area contributed by atoms with Crippen molar-refractivity contribution in [3.05, 3.63) is 24.0 Å². The predicted octanol–water partition coefficient (Wildman–Crippen LogP) is 2.11. The van der Waals surface area contributed by atoms with Crippen LogP contribution in [0.2, 0.25) is 0 Å². The number of aromatic nitrogens is 1. The molecule has 0 bridgehead atoms. The topological polar surface area (TPSA) is 31.4 Å². The van der Waals surface area contributed by atoms with Gasteiger partial charge in [0.05, 0.1) is 0 Å². The predicted molar refractivity (Wildman–Crippen MR) is 85.1 cm³/mol. The highest BCUT2D eigenvalue weighted by atomic mass is 15.2. The Kier molecular flexibility index (Phi) is 5.38. The van der Waals surface area contributed by atoms with Gasteiger partial charge in [-0.1, -0.05) is 0 Å². The summed E-state index contributed by atoms with van der Waals surface area (Å²) in [4.78, 5) is 9.03. The van der Waals surface area contributed by atoms with Crippen LogP contribution < -0.4 is 10.2 Å². The van der Waals surface area contributed by atoms with Gasteiger partial charge in [-0.2, -0.15) is 0 Å². The van der Waals surface area contributed by atoms with Gasteiger partial charge in [0.1, 0.15) is 0 Å². The second kappa shape index (κ2) is 7.04. The molecule has 0 saturated heterocycles. The maximum atomic E-state index is 4.30. The monoisotopic (exact) mass is 276 g/mol. The fourth-order valence-electron chi connectivity index (χ4n) is 2.72. The standard InChI is InChI=1S/C16H28N4/c1-5-20(13(2)12-19(3)4)16-8-9-17-10-14(16)11-18-15-6-7-15/h8-10,13,15,18H,5-7,11-12H2,1-4H3. The molecular weight excluding hydrogens is 248 g/mol. The van der Waals surface area contributed by atoms with E-state index in [0.717, 1.165) is 25.7 Å². The van der Waals surface area contributed by atoms with E-state index >= 15 is 0 Å². The van der Waals surface area contributed by atoms with E-state index in [9.17, 15) is 0 Å². The number of nitrogens with zero attached hydrogens (tertiary/aromatic N) is 3. The molecule has 1 fully saturated rings. The summed E-state index contributed by atoms with van der Waals surface area (Å²) in [6.45, 7) is 7.53. The summed E-state index contributed by atoms with van der Waals surface area (Å²) in [7, 11) is 4.26. The van der Waals surface area contributed by atoms with E-state index in [1.807, 2.05) is 12.4 Å². The molecule has 1 unspecified atom stereocenters. The van der Waals surface area contributed by atoms with Crippen LogP contribution in [-0.4, -0.2) is 49.2 Å². The van der Waals surface area contributed by atoms with Gasteiger partial charge in [0.2, 0.25) is 0 Å². The van der Waals surface area contributed by atoms with Gasteiger partial charge in [-0.3, -0.25) is 4.98 Å². The quantitative estimate of drug-likeness (QED) is 0.788. The maximum Gasteiger partial charge on any atom is 0.0445 e. The molecule has 0 aromatic carbocycles. The smallest absolute Gasteiger partial charge is 0.0445 e. The Balaban J connectivity index is 2.10. The summed E-state index contributed by atoms with van der Waals surface area (Å²) in [5, 5.41) is 3.59. The minimum Gasteiger partial charge on any atom is -0.367 e. The van der Waals surface area contributed by atoms with Gasteiger partial charge in [-0.15, -0.1) is 0 Å². The second-order valence-electron chi connectivity index (χ2n) is 6.06. The fourth-order valence-corrected chi connectivity index (χ4v) is 2.72. The van der Waals surface area contributed by atoms with Gasteiger partial charge in [-0.25, -0.2) is 0 Å². The van der Waals surface area contributed by atoms with Crippen LogP contribution in [0.1, 0.15) is 32.3 Å². The van der Waals surface area contributed by atoms with Crippen molar-refractivity contribution in [2.75, 3.05) is 32.1 Å². The highest BCUT2D eigenvalue weighted by Crippen LogP contribution is 2.24. The average molecular weight is 276 g/mol. The lowest BCUT2D eigenvalue weighted by atomic mass is 10.1. The Morgan fingerprint density at radius 2 is 2.15 bits per heavy atom. The number of hydrogen-bond acceptors (Lipinski definition) is 4. The first kappa shape index (κ1) is 15.3. The van der Waals surface area contributed by atoms with Crippen LogP contribution in [0.15, 0.2) is 18.5 Å². The molecule has 1 N–H and O–H groups in total. The van der Waals surface area contributed by atoms with Crippen LogP contribution in [-0.2, 0) is 6.54 Å². The highest BCUT2D eigenvalue weighted by Gasteiger charge is 2.22. The third-order valence-corrected chi connectivity index (χ3v) is 3.85. The lowest BCUT2D eigenvalue weighted by Crippen LogP contribution is -2.40. The van der Waals surface area contributed by atoms with Crippen LogP contribution in [0.4, 0.5) is 5.69 Å². The summed E-state index contributed by atoms with van der Waals surface area (Å²) in [5.41, 5.74) is 2.64. The van der Waals surface area contributed by atoms with Crippen molar-refractivity contribution in [3.8, 4) is 0 Å². The van der Waals surface area contributed by atoms with Crippen molar-refractivity contribution < 1.29 is 0 Å². The molecule has 1 saturated carbocycles. The Morgan fingerprint density at radius 3 is 2.75 bits per heavy atom. The van der Waals surface area contributed by atoms with E-state index in [2.05, 4.69) is 54.1 Å². The number of nitrogens with one attached hydrogen (secondary N) is 1. The summed E-state index contributed by atoms with van der Waals surface area (Å²) in [6.07, 6.45) is 6.56. The van der Waals surface area contributed by atoms with Crippen LogP contribution in [0.5, 0.6) is 0 Å². The lowest BCUT2D eigenvalue weighted by molar-refractivity contribution is 0.372. The van der Waals surface area contributed by atoms with Crippen LogP contribution >= 0.6 is 0 Å². The first-order chi connectivity index (χ1) is 9.61. The minimum atomic E-state index is 0.497. The van der Waals surface area contributed by atoms with Crippen LogP contribution in [0, 0.1) is 0 Å². The third-order valence-electron chi connectivity index (χ3n) is 3.85. The first-order valence-corrected chi connectivity index (χ1v) is 7.69. The van der Waals surface area contributed by atoms with E-state index in [1.165, 1.54) is 24.1 Å². The van der Waals surface area contributed by atoms with Crippen LogP contribution in [0.3, 0.4) is 0 Å². The molecule has 1 aromatic heterocycles. The van der Waals surface area contributed by atoms with Crippen molar-refractivity contribution in [1.82, 2.24) is 15.2 Å². The summed E-state index contributed by atoms with van der Waals surface area (Å²) >= 11 is 0. The zero-order chi connectivity index (χ0) is 14.5. The largest absolute Gasteiger partial charge is 0.367 e. The van der Waals surface area contributed by atoms with Crippen molar-refractivity contribution in [2.24, 2.45) is 0 Å². The number of hydrogen-bond donors (Lipinski definition) is 1. The van der Waals surface area contributed by atoms with Crippen molar-refractivity contribution >= 4 is 5.69 Å². The van der Waals surface area contributed by atoms with Gasteiger partial charge in [0.15, 0.2) is 0 Å². The Bertz CT molecular complexity index is 415. The molecule has 1 heterocycles. The van der Waals surface area contributed by atoms with Gasteiger partial charge >= 0.3 is 0 Å². The van der Waals surface area contributed by atoms with Crippen molar-refractivity contribution in [1.29, 1.82) is 0 Å². The Hall–Kier alpha value is -1.13. The second-order valence-corrected chi connectivity index (χ2v) is 6.06. The van der Waals surface area contributed by atoms with E-state index < -0.39 is 0 Å². The molecule has 1 aliphatic rings. The van der Waals surface area contributed by atoms with Crippen molar-refractivity contribution in [2.45, 2.75) is 45.3 Å². The molecule has 0 amide bonds. The van der Waals surface area contributed by atoms with E-state index in [1.54, 1.807) is 0 Å².